The summed E-state index contributed by atoms with van der Waals surface area (Å²) in [4.78, 5) is 22.1. The number of carboxylic acids is 1. The van der Waals surface area contributed by atoms with E-state index in [1.807, 2.05) is 0 Å². The molecule has 17 heavy (non-hydrogen) atoms. The molecule has 0 aliphatic heterocycles. The van der Waals surface area contributed by atoms with Crippen LogP contribution in [0.15, 0.2) is 0 Å². The summed E-state index contributed by atoms with van der Waals surface area (Å²) < 4.78 is 0. The molecule has 0 saturated heterocycles. The van der Waals surface area contributed by atoms with Gasteiger partial charge in [-0.05, 0) is 19.4 Å². The zero-order valence-corrected chi connectivity index (χ0v) is 11.0. The number of carbonyl (C=O) groups excluding carboxylic acids is 1. The Hall–Kier alpha value is -1.10. The van der Waals surface area contributed by atoms with E-state index in [-0.39, 0.29) is 12.5 Å². The van der Waals surface area contributed by atoms with Crippen LogP contribution in [0.3, 0.4) is 0 Å². The number of amides is 1. The Morgan fingerprint density at radius 3 is 2.41 bits per heavy atom. The summed E-state index contributed by atoms with van der Waals surface area (Å²) in [6.45, 7) is 6.94. The van der Waals surface area contributed by atoms with Crippen molar-refractivity contribution in [3.05, 3.63) is 0 Å². The summed E-state index contributed by atoms with van der Waals surface area (Å²) in [6.07, 6.45) is 1.74. The quantitative estimate of drug-likeness (QED) is 0.529. The monoisotopic (exact) mass is 244 g/mol. The van der Waals surface area contributed by atoms with Gasteiger partial charge in [0.1, 0.15) is 0 Å². The standard InChI is InChI=1S/C12H24N2O3/c1-4-10(12(16)17)8-14-11(15)6-5-7-13-9(2)3/h9-10,13H,4-8H2,1-3H3,(H,14,15)(H,16,17). The van der Waals surface area contributed by atoms with Gasteiger partial charge in [0.25, 0.3) is 0 Å². The van der Waals surface area contributed by atoms with Crippen molar-refractivity contribution in [2.24, 2.45) is 5.92 Å². The van der Waals surface area contributed by atoms with E-state index in [0.717, 1.165) is 13.0 Å². The van der Waals surface area contributed by atoms with Gasteiger partial charge in [0.2, 0.25) is 5.91 Å². The summed E-state index contributed by atoms with van der Waals surface area (Å²) in [7, 11) is 0. The van der Waals surface area contributed by atoms with E-state index >= 15 is 0 Å². The predicted molar refractivity (Wildman–Crippen MR) is 66.8 cm³/mol. The van der Waals surface area contributed by atoms with Gasteiger partial charge >= 0.3 is 5.97 Å². The third-order valence-electron chi connectivity index (χ3n) is 2.52. The smallest absolute Gasteiger partial charge is 0.308 e. The Balaban J connectivity index is 3.62. The third kappa shape index (κ3) is 8.68. The van der Waals surface area contributed by atoms with Crippen LogP contribution >= 0.6 is 0 Å². The summed E-state index contributed by atoms with van der Waals surface area (Å²) in [5.41, 5.74) is 0. The number of hydrogen-bond acceptors (Lipinski definition) is 3. The lowest BCUT2D eigenvalue weighted by molar-refractivity contribution is -0.141. The van der Waals surface area contributed by atoms with Crippen LogP contribution in [-0.2, 0) is 9.59 Å². The van der Waals surface area contributed by atoms with Gasteiger partial charge in [-0.2, -0.15) is 0 Å². The van der Waals surface area contributed by atoms with Crippen LogP contribution in [0.1, 0.15) is 40.0 Å². The van der Waals surface area contributed by atoms with E-state index < -0.39 is 11.9 Å². The van der Waals surface area contributed by atoms with Crippen molar-refractivity contribution in [3.8, 4) is 0 Å². The Bertz CT molecular complexity index is 242. The molecule has 0 aliphatic rings. The lowest BCUT2D eigenvalue weighted by Crippen LogP contribution is -2.33. The Labute approximate surface area is 103 Å². The number of aliphatic carboxylic acids is 1. The molecule has 0 spiro atoms. The molecule has 5 nitrogen and oxygen atoms in total. The Kier molecular flexibility index (Phi) is 8.40. The van der Waals surface area contributed by atoms with Crippen LogP contribution in [-0.4, -0.2) is 36.1 Å². The van der Waals surface area contributed by atoms with E-state index in [4.69, 9.17) is 5.11 Å². The minimum atomic E-state index is -0.853. The van der Waals surface area contributed by atoms with E-state index in [1.165, 1.54) is 0 Å². The zero-order chi connectivity index (χ0) is 13.3. The highest BCUT2D eigenvalue weighted by atomic mass is 16.4. The Morgan fingerprint density at radius 1 is 1.29 bits per heavy atom. The lowest BCUT2D eigenvalue weighted by atomic mass is 10.1. The minimum Gasteiger partial charge on any atom is -0.481 e. The first-order chi connectivity index (χ1) is 7.97. The maximum absolute atomic E-state index is 11.4. The second-order valence-corrected chi connectivity index (χ2v) is 4.46. The minimum absolute atomic E-state index is 0.0738. The maximum atomic E-state index is 11.4. The van der Waals surface area contributed by atoms with Crippen LogP contribution in [0.2, 0.25) is 0 Å². The number of carbonyl (C=O) groups is 2. The number of nitrogens with one attached hydrogen (secondary N) is 2. The molecule has 0 aromatic carbocycles. The molecule has 1 unspecified atom stereocenters. The molecule has 5 heteroatoms. The highest BCUT2D eigenvalue weighted by Crippen LogP contribution is 2.00. The average Bonchev–Trinajstić information content (AvgIpc) is 2.24. The van der Waals surface area contributed by atoms with Gasteiger partial charge in [-0.25, -0.2) is 0 Å². The first-order valence-electron chi connectivity index (χ1n) is 6.20. The molecule has 3 N–H and O–H groups in total. The fourth-order valence-electron chi connectivity index (χ4n) is 1.37. The molecule has 0 radical (unpaired) electrons. The highest BCUT2D eigenvalue weighted by molar-refractivity contribution is 5.77. The number of carboxylic acid groups (broad SMARTS) is 1. The van der Waals surface area contributed by atoms with Crippen LogP contribution in [0.5, 0.6) is 0 Å². The molecular weight excluding hydrogens is 220 g/mol. The molecule has 0 bridgehead atoms. The molecule has 1 atom stereocenters. The summed E-state index contributed by atoms with van der Waals surface area (Å²) in [5, 5.41) is 14.7. The topological polar surface area (TPSA) is 78.4 Å². The van der Waals surface area contributed by atoms with E-state index in [2.05, 4.69) is 24.5 Å². The van der Waals surface area contributed by atoms with E-state index in [0.29, 0.717) is 18.9 Å². The van der Waals surface area contributed by atoms with Gasteiger partial charge in [-0.15, -0.1) is 0 Å². The van der Waals surface area contributed by atoms with Crippen molar-refractivity contribution in [1.29, 1.82) is 0 Å². The molecule has 0 fully saturated rings. The molecular formula is C12H24N2O3. The largest absolute Gasteiger partial charge is 0.481 e. The van der Waals surface area contributed by atoms with Gasteiger partial charge in [-0.3, -0.25) is 9.59 Å². The lowest BCUT2D eigenvalue weighted by Gasteiger charge is -2.11. The van der Waals surface area contributed by atoms with Gasteiger partial charge in [0.05, 0.1) is 5.92 Å². The van der Waals surface area contributed by atoms with Gasteiger partial charge < -0.3 is 15.7 Å². The normalized spacial score (nSPS) is 12.5. The second kappa shape index (κ2) is 8.98. The third-order valence-corrected chi connectivity index (χ3v) is 2.52. The fourth-order valence-corrected chi connectivity index (χ4v) is 1.37. The van der Waals surface area contributed by atoms with E-state index in [9.17, 15) is 9.59 Å². The SMILES string of the molecule is CCC(CNC(=O)CCCNC(C)C)C(=O)O. The van der Waals surface area contributed by atoms with E-state index in [1.54, 1.807) is 6.92 Å². The molecule has 0 aromatic rings. The fraction of sp³-hybridized carbons (Fsp3) is 0.833. The molecule has 0 rings (SSSR count). The van der Waals surface area contributed by atoms with Gasteiger partial charge in [0.15, 0.2) is 0 Å². The number of rotatable bonds is 9. The summed E-state index contributed by atoms with van der Waals surface area (Å²) in [5.74, 6) is -1.41. The van der Waals surface area contributed by atoms with Crippen LogP contribution < -0.4 is 10.6 Å². The van der Waals surface area contributed by atoms with Crippen LogP contribution in [0.4, 0.5) is 0 Å². The van der Waals surface area contributed by atoms with Crippen molar-refractivity contribution in [1.82, 2.24) is 10.6 Å². The molecule has 0 saturated carbocycles. The second-order valence-electron chi connectivity index (χ2n) is 4.46. The van der Waals surface area contributed by atoms with Gasteiger partial charge in [0, 0.05) is 19.0 Å². The maximum Gasteiger partial charge on any atom is 0.308 e. The average molecular weight is 244 g/mol. The molecule has 0 heterocycles. The molecule has 0 aliphatic carbocycles. The van der Waals surface area contributed by atoms with Crippen LogP contribution in [0.25, 0.3) is 0 Å². The first kappa shape index (κ1) is 15.9. The van der Waals surface area contributed by atoms with Crippen LogP contribution in [0, 0.1) is 5.92 Å². The first-order valence-corrected chi connectivity index (χ1v) is 6.20. The zero-order valence-electron chi connectivity index (χ0n) is 11.0. The summed E-state index contributed by atoms with van der Waals surface area (Å²) in [6, 6.07) is 0.426. The predicted octanol–water partition coefficient (Wildman–Crippen LogP) is 0.992. The van der Waals surface area contributed by atoms with Crippen molar-refractivity contribution < 1.29 is 14.7 Å². The molecule has 0 aromatic heterocycles. The van der Waals surface area contributed by atoms with Crippen molar-refractivity contribution >= 4 is 11.9 Å². The van der Waals surface area contributed by atoms with Gasteiger partial charge in [-0.1, -0.05) is 20.8 Å². The molecule has 100 valence electrons. The summed E-state index contributed by atoms with van der Waals surface area (Å²) >= 11 is 0. The van der Waals surface area contributed by atoms with Crippen molar-refractivity contribution in [2.45, 2.75) is 46.1 Å². The van der Waals surface area contributed by atoms with Crippen molar-refractivity contribution in [3.63, 3.8) is 0 Å². The Morgan fingerprint density at radius 2 is 1.94 bits per heavy atom. The molecule has 1 amide bonds. The highest BCUT2D eigenvalue weighted by Gasteiger charge is 2.15. The number of hydrogen-bond donors (Lipinski definition) is 3. The van der Waals surface area contributed by atoms with Crippen molar-refractivity contribution in [2.75, 3.05) is 13.1 Å².